The first-order valence-electron chi connectivity index (χ1n) is 12.7. The van der Waals surface area contributed by atoms with Crippen LogP contribution in [0, 0.1) is 6.92 Å². The molecule has 196 valence electrons. The van der Waals surface area contributed by atoms with E-state index in [1.54, 1.807) is 4.68 Å². The third-order valence-corrected chi connectivity index (χ3v) is 6.44. The van der Waals surface area contributed by atoms with Crippen molar-refractivity contribution in [3.63, 3.8) is 0 Å². The summed E-state index contributed by atoms with van der Waals surface area (Å²) in [7, 11) is 1.84. The van der Waals surface area contributed by atoms with Crippen LogP contribution in [-0.4, -0.2) is 63.5 Å². The number of hydrogen-bond acceptors (Lipinski definition) is 7. The molecular weight excluding hydrogens is 480 g/mol. The van der Waals surface area contributed by atoms with Crippen molar-refractivity contribution in [1.82, 2.24) is 24.6 Å². The highest BCUT2D eigenvalue weighted by atomic mass is 16.5. The Morgan fingerprint density at radius 2 is 1.87 bits per heavy atom. The van der Waals surface area contributed by atoms with Crippen LogP contribution in [0.4, 0.5) is 5.69 Å². The van der Waals surface area contributed by atoms with Crippen molar-refractivity contribution < 1.29 is 14.3 Å². The maximum absolute atomic E-state index is 12.9. The molecule has 2 aromatic heterocycles. The van der Waals surface area contributed by atoms with Gasteiger partial charge in [0.25, 0.3) is 0 Å². The molecule has 0 aliphatic carbocycles. The highest BCUT2D eigenvalue weighted by molar-refractivity contribution is 5.92. The molecule has 0 saturated carbocycles. The van der Waals surface area contributed by atoms with Crippen molar-refractivity contribution in [2.24, 2.45) is 7.05 Å². The molecule has 2 aromatic carbocycles. The van der Waals surface area contributed by atoms with Gasteiger partial charge in [0.05, 0.1) is 31.1 Å². The number of nitrogens with one attached hydrogen (secondary N) is 1. The maximum Gasteiger partial charge on any atom is 0.238 e. The summed E-state index contributed by atoms with van der Waals surface area (Å²) in [4.78, 5) is 23.3. The van der Waals surface area contributed by atoms with Crippen molar-refractivity contribution in [2.45, 2.75) is 19.9 Å². The summed E-state index contributed by atoms with van der Waals surface area (Å²) < 4.78 is 13.7. The van der Waals surface area contributed by atoms with Crippen molar-refractivity contribution in [1.29, 1.82) is 0 Å². The van der Waals surface area contributed by atoms with Gasteiger partial charge in [0.15, 0.2) is 0 Å². The summed E-state index contributed by atoms with van der Waals surface area (Å²) in [6.45, 7) is 4.82. The van der Waals surface area contributed by atoms with Gasteiger partial charge in [-0.05, 0) is 41.3 Å². The molecule has 9 heteroatoms. The Labute approximate surface area is 222 Å². The smallest absolute Gasteiger partial charge is 0.238 e. The molecule has 0 spiro atoms. The zero-order valence-electron chi connectivity index (χ0n) is 21.8. The van der Waals surface area contributed by atoms with E-state index < -0.39 is 0 Å². The number of hydrogen-bond donors (Lipinski definition) is 1. The lowest BCUT2D eigenvalue weighted by atomic mass is 9.98. The number of benzene rings is 2. The number of nitrogens with zero attached hydrogens (tertiary/aromatic N) is 5. The van der Waals surface area contributed by atoms with E-state index in [-0.39, 0.29) is 12.5 Å². The number of ether oxygens (including phenoxy) is 2. The highest BCUT2D eigenvalue weighted by Gasteiger charge is 2.15. The van der Waals surface area contributed by atoms with Gasteiger partial charge in [-0.25, -0.2) is 9.97 Å². The van der Waals surface area contributed by atoms with E-state index in [4.69, 9.17) is 9.47 Å². The van der Waals surface area contributed by atoms with Crippen LogP contribution in [0.2, 0.25) is 0 Å². The molecule has 4 aromatic rings. The maximum atomic E-state index is 12.9. The van der Waals surface area contributed by atoms with Crippen LogP contribution in [0.5, 0.6) is 5.75 Å². The van der Waals surface area contributed by atoms with Crippen LogP contribution in [0.25, 0.3) is 11.1 Å². The molecule has 0 fully saturated rings. The quantitative estimate of drug-likeness (QED) is 0.446. The molecule has 0 saturated heterocycles. The minimum absolute atomic E-state index is 0.0759. The fraction of sp³-hybridized carbons (Fsp3) is 0.310. The largest absolute Gasteiger partial charge is 0.491 e. The van der Waals surface area contributed by atoms with Gasteiger partial charge in [-0.1, -0.05) is 30.3 Å². The molecule has 0 atom stereocenters. The third kappa shape index (κ3) is 6.62. The molecule has 1 aliphatic heterocycles. The lowest BCUT2D eigenvalue weighted by molar-refractivity contribution is -0.117. The van der Waals surface area contributed by atoms with E-state index in [1.165, 1.54) is 11.9 Å². The molecule has 0 unspecified atom stereocenters. The summed E-state index contributed by atoms with van der Waals surface area (Å²) in [6.07, 6.45) is 7.69. The number of rotatable bonds is 4. The second kappa shape index (κ2) is 12.0. The number of aryl methyl sites for hydroxylation is 2. The topological polar surface area (TPSA) is 94.4 Å². The third-order valence-electron chi connectivity index (χ3n) is 6.44. The predicted molar refractivity (Wildman–Crippen MR) is 145 cm³/mol. The second-order valence-corrected chi connectivity index (χ2v) is 9.47. The Morgan fingerprint density at radius 3 is 2.68 bits per heavy atom. The van der Waals surface area contributed by atoms with Gasteiger partial charge >= 0.3 is 0 Å². The number of carbonyl (C=O) groups is 1. The fourth-order valence-electron chi connectivity index (χ4n) is 4.64. The molecule has 5 rings (SSSR count). The minimum atomic E-state index is -0.0759. The average molecular weight is 513 g/mol. The van der Waals surface area contributed by atoms with Gasteiger partial charge in [0, 0.05) is 50.7 Å². The number of carbonyl (C=O) groups excluding carboxylic acids is 1. The minimum Gasteiger partial charge on any atom is -0.491 e. The molecular formula is C29H32N6O3. The number of fused-ring (bicyclic) bond motifs is 3. The molecule has 3 heterocycles. The summed E-state index contributed by atoms with van der Waals surface area (Å²) >= 11 is 0. The van der Waals surface area contributed by atoms with E-state index in [0.717, 1.165) is 39.4 Å². The van der Waals surface area contributed by atoms with E-state index in [9.17, 15) is 4.79 Å². The lowest BCUT2D eigenvalue weighted by Gasteiger charge is -2.23. The molecule has 1 N–H and O–H groups in total. The molecule has 2 bridgehead atoms. The van der Waals surface area contributed by atoms with Crippen molar-refractivity contribution in [3.05, 3.63) is 89.8 Å². The molecule has 38 heavy (non-hydrogen) atoms. The van der Waals surface area contributed by atoms with Gasteiger partial charge in [-0.3, -0.25) is 14.4 Å². The second-order valence-electron chi connectivity index (χ2n) is 9.47. The summed E-state index contributed by atoms with van der Waals surface area (Å²) in [5.41, 5.74) is 6.93. The molecule has 1 aliphatic rings. The van der Waals surface area contributed by atoms with Gasteiger partial charge < -0.3 is 14.8 Å². The van der Waals surface area contributed by atoms with Crippen LogP contribution in [0.15, 0.2) is 67.4 Å². The van der Waals surface area contributed by atoms with Gasteiger partial charge in [-0.2, -0.15) is 5.10 Å². The standard InChI is InChI=1S/C29H32N6O3/c1-21-27(18-34(2)33-21)32-29(36)19-35-8-9-37-10-11-38-28-7-6-24(26-15-30-20-31-16-26)14-25(28)13-22-4-3-5-23(12-22)17-35/h3-7,12,14-16,18,20H,8-11,13,17,19H2,1-2H3,(H,32,36). The highest BCUT2D eigenvalue weighted by Crippen LogP contribution is 2.28. The number of aromatic nitrogens is 4. The summed E-state index contributed by atoms with van der Waals surface area (Å²) in [6, 6.07) is 14.7. The number of amides is 1. The van der Waals surface area contributed by atoms with Crippen LogP contribution in [-0.2, 0) is 29.5 Å². The summed E-state index contributed by atoms with van der Waals surface area (Å²) in [5, 5.41) is 7.29. The first kappa shape index (κ1) is 25.6. The van der Waals surface area contributed by atoms with Gasteiger partial charge in [0.1, 0.15) is 18.7 Å². The molecule has 9 nitrogen and oxygen atoms in total. The first-order valence-corrected chi connectivity index (χ1v) is 12.7. The van der Waals surface area contributed by atoms with E-state index in [2.05, 4.69) is 55.6 Å². The molecule has 1 amide bonds. The Bertz CT molecular complexity index is 1390. The Balaban J connectivity index is 1.35. The number of anilines is 1. The zero-order chi connectivity index (χ0) is 26.3. The van der Waals surface area contributed by atoms with Crippen LogP contribution < -0.4 is 10.1 Å². The Kier molecular flexibility index (Phi) is 8.06. The Hall–Kier alpha value is -4.08. The Morgan fingerprint density at radius 1 is 1.03 bits per heavy atom. The van der Waals surface area contributed by atoms with E-state index in [1.807, 2.05) is 44.7 Å². The van der Waals surface area contributed by atoms with E-state index in [0.29, 0.717) is 39.3 Å². The van der Waals surface area contributed by atoms with Crippen LogP contribution in [0.1, 0.15) is 22.4 Å². The van der Waals surface area contributed by atoms with Gasteiger partial charge in [0.2, 0.25) is 5.91 Å². The van der Waals surface area contributed by atoms with Crippen LogP contribution in [0.3, 0.4) is 0 Å². The molecule has 0 radical (unpaired) electrons. The van der Waals surface area contributed by atoms with Gasteiger partial charge in [-0.15, -0.1) is 0 Å². The van der Waals surface area contributed by atoms with E-state index >= 15 is 0 Å². The zero-order valence-corrected chi connectivity index (χ0v) is 21.8. The summed E-state index contributed by atoms with van der Waals surface area (Å²) in [5.74, 6) is 0.772. The van der Waals surface area contributed by atoms with Crippen molar-refractivity contribution in [3.8, 4) is 16.9 Å². The predicted octanol–water partition coefficient (Wildman–Crippen LogP) is 3.63. The van der Waals surface area contributed by atoms with Crippen molar-refractivity contribution >= 4 is 11.6 Å². The SMILES string of the molecule is Cc1nn(C)cc1NC(=O)CN1CCOCCOc2ccc(-c3cncnc3)cc2Cc2cccc(c2)C1. The normalized spacial score (nSPS) is 14.7. The fourth-order valence-corrected chi connectivity index (χ4v) is 4.64. The lowest BCUT2D eigenvalue weighted by Crippen LogP contribution is -2.35. The van der Waals surface area contributed by atoms with Crippen LogP contribution >= 0.6 is 0 Å². The first-order chi connectivity index (χ1) is 18.5. The monoisotopic (exact) mass is 512 g/mol. The van der Waals surface area contributed by atoms with Crippen molar-refractivity contribution in [2.75, 3.05) is 38.2 Å². The average Bonchev–Trinajstić information content (AvgIpc) is 3.22.